The largest absolute Gasteiger partial charge is 0.378 e. The summed E-state index contributed by atoms with van der Waals surface area (Å²) in [6.07, 6.45) is 9.40. The van der Waals surface area contributed by atoms with E-state index in [1.165, 1.54) is 12.8 Å². The quantitative estimate of drug-likeness (QED) is 0.766. The molecule has 0 bridgehead atoms. The van der Waals surface area contributed by atoms with Crippen LogP contribution in [0, 0.1) is 0 Å². The molecule has 2 heterocycles. The van der Waals surface area contributed by atoms with Crippen LogP contribution in [0.5, 0.6) is 0 Å². The van der Waals surface area contributed by atoms with Crippen LogP contribution in [0.4, 0.5) is 0 Å². The second kappa shape index (κ2) is 5.28. The van der Waals surface area contributed by atoms with E-state index < -0.39 is 0 Å². The van der Waals surface area contributed by atoms with Crippen molar-refractivity contribution in [1.29, 1.82) is 0 Å². The topological polar surface area (TPSA) is 63.9 Å². The van der Waals surface area contributed by atoms with Crippen molar-refractivity contribution in [1.82, 2.24) is 9.97 Å². The van der Waals surface area contributed by atoms with Crippen molar-refractivity contribution in [3.8, 4) is 0 Å². The Bertz CT molecular complexity index is 267. The highest BCUT2D eigenvalue weighted by Crippen LogP contribution is 2.17. The molecule has 0 spiro atoms. The van der Waals surface area contributed by atoms with Crippen LogP contribution in [0.3, 0.4) is 0 Å². The minimum atomic E-state index is 0.195. The Morgan fingerprint density at radius 1 is 1.67 bits per heavy atom. The molecule has 4 heteroatoms. The minimum absolute atomic E-state index is 0.195. The molecule has 0 saturated carbocycles. The summed E-state index contributed by atoms with van der Waals surface area (Å²) in [4.78, 5) is 7.24. The minimum Gasteiger partial charge on any atom is -0.378 e. The smallest absolute Gasteiger partial charge is 0.107 e. The molecular formula is C11H19N3O. The Morgan fingerprint density at radius 3 is 3.27 bits per heavy atom. The van der Waals surface area contributed by atoms with Gasteiger partial charge in [-0.15, -0.1) is 0 Å². The summed E-state index contributed by atoms with van der Waals surface area (Å²) in [5.74, 6) is 0.981. The third-order valence-corrected chi connectivity index (χ3v) is 2.89. The van der Waals surface area contributed by atoms with Crippen LogP contribution in [0.2, 0.25) is 0 Å². The summed E-state index contributed by atoms with van der Waals surface area (Å²) in [5, 5.41) is 0. The number of ether oxygens (including phenoxy) is 1. The van der Waals surface area contributed by atoms with Gasteiger partial charge in [-0.25, -0.2) is 4.98 Å². The molecule has 2 unspecified atom stereocenters. The van der Waals surface area contributed by atoms with Gasteiger partial charge in [0.05, 0.1) is 6.10 Å². The van der Waals surface area contributed by atoms with Crippen molar-refractivity contribution < 1.29 is 4.74 Å². The molecule has 2 atom stereocenters. The van der Waals surface area contributed by atoms with Gasteiger partial charge in [0.2, 0.25) is 0 Å². The maximum absolute atomic E-state index is 6.03. The predicted octanol–water partition coefficient (Wildman–Crippen LogP) is 1.24. The second-order valence-corrected chi connectivity index (χ2v) is 4.21. The summed E-state index contributed by atoms with van der Waals surface area (Å²) < 4.78 is 5.56. The fraction of sp³-hybridized carbons (Fsp3) is 0.727. The second-order valence-electron chi connectivity index (χ2n) is 4.21. The first kappa shape index (κ1) is 10.6. The lowest BCUT2D eigenvalue weighted by Gasteiger charge is -2.13. The Labute approximate surface area is 90.2 Å². The number of imidazole rings is 1. The molecule has 84 valence electrons. The van der Waals surface area contributed by atoms with Crippen LogP contribution in [-0.2, 0) is 11.2 Å². The predicted molar refractivity (Wildman–Crippen MR) is 58.5 cm³/mol. The molecule has 1 fully saturated rings. The standard InChI is InChI=1S/C11H19N3O/c12-9(8-11-13-5-6-14-11)3-4-10-2-1-7-15-10/h5-6,9-10H,1-4,7-8,12H2,(H,13,14). The van der Waals surface area contributed by atoms with Gasteiger partial charge in [-0.1, -0.05) is 0 Å². The Hall–Kier alpha value is -0.870. The zero-order valence-corrected chi connectivity index (χ0v) is 8.98. The molecule has 0 amide bonds. The Balaban J connectivity index is 1.66. The maximum atomic E-state index is 6.03. The molecule has 15 heavy (non-hydrogen) atoms. The SMILES string of the molecule is NC(CCC1CCCO1)Cc1ncc[nH]1. The summed E-state index contributed by atoms with van der Waals surface area (Å²) in [6, 6.07) is 0.195. The molecule has 0 radical (unpaired) electrons. The van der Waals surface area contributed by atoms with E-state index in [4.69, 9.17) is 10.5 Å². The highest BCUT2D eigenvalue weighted by Gasteiger charge is 2.16. The molecule has 1 saturated heterocycles. The number of hydrogen-bond acceptors (Lipinski definition) is 3. The highest BCUT2D eigenvalue weighted by atomic mass is 16.5. The van der Waals surface area contributed by atoms with Crippen molar-refractivity contribution in [3.63, 3.8) is 0 Å². The maximum Gasteiger partial charge on any atom is 0.107 e. The molecule has 1 aliphatic heterocycles. The van der Waals surface area contributed by atoms with Gasteiger partial charge in [0.25, 0.3) is 0 Å². The lowest BCUT2D eigenvalue weighted by atomic mass is 10.0. The van der Waals surface area contributed by atoms with E-state index >= 15 is 0 Å². The lowest BCUT2D eigenvalue weighted by molar-refractivity contribution is 0.101. The zero-order valence-electron chi connectivity index (χ0n) is 8.98. The first-order chi connectivity index (χ1) is 7.34. The Morgan fingerprint density at radius 2 is 2.60 bits per heavy atom. The number of nitrogens with two attached hydrogens (primary N) is 1. The van der Waals surface area contributed by atoms with Crippen molar-refractivity contribution >= 4 is 0 Å². The number of aromatic amines is 1. The summed E-state index contributed by atoms with van der Waals surface area (Å²) >= 11 is 0. The average Bonchev–Trinajstić information content (AvgIpc) is 2.86. The van der Waals surface area contributed by atoms with Crippen LogP contribution in [0.15, 0.2) is 12.4 Å². The van der Waals surface area contributed by atoms with Gasteiger partial charge in [0.15, 0.2) is 0 Å². The number of hydrogen-bond donors (Lipinski definition) is 2. The van der Waals surface area contributed by atoms with E-state index in [0.29, 0.717) is 6.10 Å². The molecule has 2 rings (SSSR count). The Kier molecular flexibility index (Phi) is 3.75. The van der Waals surface area contributed by atoms with Crippen molar-refractivity contribution in [2.75, 3.05) is 6.61 Å². The third kappa shape index (κ3) is 3.32. The van der Waals surface area contributed by atoms with Crippen LogP contribution >= 0.6 is 0 Å². The van der Waals surface area contributed by atoms with E-state index in [9.17, 15) is 0 Å². The van der Waals surface area contributed by atoms with Crippen LogP contribution in [0.1, 0.15) is 31.5 Å². The van der Waals surface area contributed by atoms with E-state index in [1.54, 1.807) is 6.20 Å². The number of rotatable bonds is 5. The number of nitrogens with zero attached hydrogens (tertiary/aromatic N) is 1. The molecule has 4 nitrogen and oxygen atoms in total. The first-order valence-electron chi connectivity index (χ1n) is 5.70. The van der Waals surface area contributed by atoms with E-state index in [1.807, 2.05) is 6.20 Å². The van der Waals surface area contributed by atoms with Crippen LogP contribution in [-0.4, -0.2) is 28.7 Å². The van der Waals surface area contributed by atoms with Gasteiger partial charge in [-0.3, -0.25) is 0 Å². The van der Waals surface area contributed by atoms with Gasteiger partial charge in [-0.05, 0) is 25.7 Å². The molecule has 0 aromatic carbocycles. The van der Waals surface area contributed by atoms with E-state index in [-0.39, 0.29) is 6.04 Å². The summed E-state index contributed by atoms with van der Waals surface area (Å²) in [7, 11) is 0. The van der Waals surface area contributed by atoms with Gasteiger partial charge < -0.3 is 15.5 Å². The van der Waals surface area contributed by atoms with Crippen LogP contribution in [0.25, 0.3) is 0 Å². The van der Waals surface area contributed by atoms with Gasteiger partial charge in [0.1, 0.15) is 5.82 Å². The lowest BCUT2D eigenvalue weighted by Crippen LogP contribution is -2.25. The number of nitrogens with one attached hydrogen (secondary N) is 1. The zero-order chi connectivity index (χ0) is 10.5. The molecule has 1 aromatic rings. The van der Waals surface area contributed by atoms with E-state index in [2.05, 4.69) is 9.97 Å². The van der Waals surface area contributed by atoms with Gasteiger partial charge >= 0.3 is 0 Å². The fourth-order valence-corrected chi connectivity index (χ4v) is 2.03. The molecule has 0 aliphatic carbocycles. The molecular weight excluding hydrogens is 190 g/mol. The normalized spacial score (nSPS) is 23.1. The monoisotopic (exact) mass is 209 g/mol. The number of aromatic nitrogens is 2. The van der Waals surface area contributed by atoms with Crippen LogP contribution < -0.4 is 5.73 Å². The van der Waals surface area contributed by atoms with Gasteiger partial charge in [-0.2, -0.15) is 0 Å². The van der Waals surface area contributed by atoms with Crippen molar-refractivity contribution in [2.45, 2.75) is 44.2 Å². The molecule has 3 N–H and O–H groups in total. The van der Waals surface area contributed by atoms with Crippen molar-refractivity contribution in [3.05, 3.63) is 18.2 Å². The summed E-state index contributed by atoms with van der Waals surface area (Å²) in [6.45, 7) is 0.929. The van der Waals surface area contributed by atoms with E-state index in [0.717, 1.165) is 31.7 Å². The molecule has 1 aliphatic rings. The fourth-order valence-electron chi connectivity index (χ4n) is 2.03. The highest BCUT2D eigenvalue weighted by molar-refractivity contribution is 4.90. The average molecular weight is 209 g/mol. The van der Waals surface area contributed by atoms with Gasteiger partial charge in [0, 0.05) is 31.5 Å². The van der Waals surface area contributed by atoms with Crippen molar-refractivity contribution in [2.24, 2.45) is 5.73 Å². The summed E-state index contributed by atoms with van der Waals surface area (Å²) in [5.41, 5.74) is 6.03. The first-order valence-corrected chi connectivity index (χ1v) is 5.70. The molecule has 1 aromatic heterocycles. The number of H-pyrrole nitrogens is 1. The third-order valence-electron chi connectivity index (χ3n) is 2.89.